The Morgan fingerprint density at radius 2 is 2.06 bits per heavy atom. The lowest BCUT2D eigenvalue weighted by atomic mass is 9.76. The van der Waals surface area contributed by atoms with Crippen molar-refractivity contribution in [2.24, 2.45) is 11.1 Å². The molecule has 1 aliphatic heterocycles. The fraction of sp³-hybridized carbons (Fsp3) is 0.538. The summed E-state index contributed by atoms with van der Waals surface area (Å²) < 4.78 is 32.7. The molecule has 2 N–H and O–H groups in total. The Morgan fingerprint density at radius 3 is 2.53 bits per heavy atom. The van der Waals surface area contributed by atoms with Crippen molar-refractivity contribution in [1.29, 1.82) is 0 Å². The van der Waals surface area contributed by atoms with E-state index in [1.807, 2.05) is 6.92 Å². The van der Waals surface area contributed by atoms with Gasteiger partial charge in [0, 0.05) is 24.1 Å². The van der Waals surface area contributed by atoms with Gasteiger partial charge in [-0.2, -0.15) is 0 Å². The first-order valence-corrected chi connectivity index (χ1v) is 5.83. The van der Waals surface area contributed by atoms with Crippen LogP contribution in [-0.4, -0.2) is 19.3 Å². The predicted molar refractivity (Wildman–Crippen MR) is 61.6 cm³/mol. The van der Waals surface area contributed by atoms with Gasteiger partial charge in [0.2, 0.25) is 0 Å². The maximum absolute atomic E-state index is 13.6. The zero-order valence-electron chi connectivity index (χ0n) is 9.88. The minimum atomic E-state index is -0.503. The van der Waals surface area contributed by atoms with Crippen LogP contribution in [0.4, 0.5) is 8.78 Å². The van der Waals surface area contributed by atoms with Gasteiger partial charge in [0.1, 0.15) is 11.6 Å². The van der Waals surface area contributed by atoms with E-state index in [-0.39, 0.29) is 17.1 Å². The van der Waals surface area contributed by atoms with Gasteiger partial charge < -0.3 is 10.5 Å². The second kappa shape index (κ2) is 4.70. The molecule has 17 heavy (non-hydrogen) atoms. The van der Waals surface area contributed by atoms with Crippen LogP contribution < -0.4 is 5.73 Å². The molecule has 0 radical (unpaired) electrons. The summed E-state index contributed by atoms with van der Waals surface area (Å²) in [4.78, 5) is 0. The van der Waals surface area contributed by atoms with Gasteiger partial charge in [0.25, 0.3) is 0 Å². The Hall–Kier alpha value is -1.00. The van der Waals surface area contributed by atoms with Crippen LogP contribution in [0.2, 0.25) is 0 Å². The first-order chi connectivity index (χ1) is 8.09. The molecule has 0 aromatic heterocycles. The van der Waals surface area contributed by atoms with Crippen molar-refractivity contribution in [2.75, 3.05) is 13.2 Å². The highest BCUT2D eigenvalue weighted by atomic mass is 19.1. The lowest BCUT2D eigenvalue weighted by Gasteiger charge is -2.31. The summed E-state index contributed by atoms with van der Waals surface area (Å²) in [5.41, 5.74) is 5.56. The van der Waals surface area contributed by atoms with Crippen LogP contribution in [0.3, 0.4) is 0 Å². The lowest BCUT2D eigenvalue weighted by molar-refractivity contribution is 0.0665. The largest absolute Gasteiger partial charge is 0.378 e. The van der Waals surface area contributed by atoms with Crippen molar-refractivity contribution in [3.8, 4) is 0 Å². The molecular weight excluding hydrogens is 224 g/mol. The van der Waals surface area contributed by atoms with Crippen molar-refractivity contribution < 1.29 is 13.5 Å². The van der Waals surface area contributed by atoms with E-state index in [1.54, 1.807) is 0 Å². The predicted octanol–water partition coefficient (Wildman–Crippen LogP) is 2.26. The maximum Gasteiger partial charge on any atom is 0.129 e. The maximum atomic E-state index is 13.6. The Balaban J connectivity index is 2.30. The summed E-state index contributed by atoms with van der Waals surface area (Å²) in [5, 5.41) is 0. The Labute approximate surface area is 99.8 Å². The van der Waals surface area contributed by atoms with Crippen LogP contribution in [0.1, 0.15) is 18.9 Å². The van der Waals surface area contributed by atoms with Crippen LogP contribution in [0.25, 0.3) is 0 Å². The Morgan fingerprint density at radius 1 is 1.41 bits per heavy atom. The third-order valence-corrected chi connectivity index (χ3v) is 3.83. The molecule has 2 nitrogen and oxygen atoms in total. The zero-order chi connectivity index (χ0) is 12.5. The third kappa shape index (κ3) is 2.19. The molecule has 1 saturated heterocycles. The van der Waals surface area contributed by atoms with E-state index in [9.17, 15) is 8.78 Å². The summed E-state index contributed by atoms with van der Waals surface area (Å²) in [7, 11) is 0. The van der Waals surface area contributed by atoms with Crippen molar-refractivity contribution in [1.82, 2.24) is 0 Å². The average Bonchev–Trinajstić information content (AvgIpc) is 2.66. The molecule has 4 heteroatoms. The molecule has 1 fully saturated rings. The number of rotatable bonds is 3. The SMILES string of the molecule is CC1OCCC1(CN)Cc1c(F)cccc1F. The normalized spacial score (nSPS) is 28.6. The van der Waals surface area contributed by atoms with Gasteiger partial charge in [0.05, 0.1) is 6.10 Å². The molecule has 0 amide bonds. The Kier molecular flexibility index (Phi) is 3.45. The molecule has 1 aromatic carbocycles. The molecule has 94 valence electrons. The molecule has 2 unspecified atom stereocenters. The number of hydrogen-bond acceptors (Lipinski definition) is 2. The van der Waals surface area contributed by atoms with E-state index in [0.29, 0.717) is 19.6 Å². The summed E-state index contributed by atoms with van der Waals surface area (Å²) in [6.07, 6.45) is 0.980. The second-order valence-corrected chi connectivity index (χ2v) is 4.71. The lowest BCUT2D eigenvalue weighted by Crippen LogP contribution is -2.39. The fourth-order valence-corrected chi connectivity index (χ4v) is 2.44. The highest BCUT2D eigenvalue weighted by molar-refractivity contribution is 5.22. The van der Waals surface area contributed by atoms with Gasteiger partial charge in [-0.3, -0.25) is 0 Å². The van der Waals surface area contributed by atoms with Gasteiger partial charge in [-0.1, -0.05) is 6.07 Å². The molecule has 2 rings (SSSR count). The standard InChI is InChI=1S/C13H17F2NO/c1-9-13(8-16,5-6-17-9)7-10-11(14)3-2-4-12(10)15/h2-4,9H,5-8,16H2,1H3. The summed E-state index contributed by atoms with van der Waals surface area (Å²) >= 11 is 0. The topological polar surface area (TPSA) is 35.2 Å². The summed E-state index contributed by atoms with van der Waals surface area (Å²) in [6, 6.07) is 3.93. The van der Waals surface area contributed by atoms with Crippen molar-refractivity contribution in [2.45, 2.75) is 25.9 Å². The number of nitrogens with two attached hydrogens (primary N) is 1. The van der Waals surface area contributed by atoms with E-state index < -0.39 is 11.6 Å². The van der Waals surface area contributed by atoms with Crippen LogP contribution in [0.5, 0.6) is 0 Å². The molecule has 2 atom stereocenters. The van der Waals surface area contributed by atoms with Crippen LogP contribution in [0.15, 0.2) is 18.2 Å². The smallest absolute Gasteiger partial charge is 0.129 e. The molecular formula is C13H17F2NO. The minimum absolute atomic E-state index is 0.0634. The summed E-state index contributed by atoms with van der Waals surface area (Å²) in [6.45, 7) is 2.90. The van der Waals surface area contributed by atoms with Gasteiger partial charge in [0.15, 0.2) is 0 Å². The minimum Gasteiger partial charge on any atom is -0.378 e. The molecule has 1 heterocycles. The van der Waals surface area contributed by atoms with E-state index in [4.69, 9.17) is 10.5 Å². The average molecular weight is 241 g/mol. The fourth-order valence-electron chi connectivity index (χ4n) is 2.44. The van der Waals surface area contributed by atoms with Crippen LogP contribution >= 0.6 is 0 Å². The van der Waals surface area contributed by atoms with Crippen molar-refractivity contribution in [3.05, 3.63) is 35.4 Å². The van der Waals surface area contributed by atoms with E-state index in [0.717, 1.165) is 6.42 Å². The highest BCUT2D eigenvalue weighted by Crippen LogP contribution is 2.38. The molecule has 1 aliphatic rings. The van der Waals surface area contributed by atoms with Crippen LogP contribution in [-0.2, 0) is 11.2 Å². The first kappa shape index (κ1) is 12.5. The third-order valence-electron chi connectivity index (χ3n) is 3.83. The first-order valence-electron chi connectivity index (χ1n) is 5.83. The van der Waals surface area contributed by atoms with E-state index in [1.165, 1.54) is 18.2 Å². The van der Waals surface area contributed by atoms with Gasteiger partial charge in [-0.25, -0.2) is 8.78 Å². The monoisotopic (exact) mass is 241 g/mol. The highest BCUT2D eigenvalue weighted by Gasteiger charge is 2.41. The molecule has 0 bridgehead atoms. The number of hydrogen-bond donors (Lipinski definition) is 1. The van der Waals surface area contributed by atoms with E-state index >= 15 is 0 Å². The van der Waals surface area contributed by atoms with Gasteiger partial charge in [-0.05, 0) is 31.9 Å². The summed E-state index contributed by atoms with van der Waals surface area (Å²) in [5.74, 6) is -1.01. The second-order valence-electron chi connectivity index (χ2n) is 4.71. The van der Waals surface area contributed by atoms with Gasteiger partial charge >= 0.3 is 0 Å². The number of ether oxygens (including phenoxy) is 1. The molecule has 0 aliphatic carbocycles. The van der Waals surface area contributed by atoms with E-state index in [2.05, 4.69) is 0 Å². The van der Waals surface area contributed by atoms with Crippen molar-refractivity contribution in [3.63, 3.8) is 0 Å². The number of halogens is 2. The number of benzene rings is 1. The van der Waals surface area contributed by atoms with Crippen LogP contribution in [0, 0.1) is 17.0 Å². The Bertz CT molecular complexity index is 390. The molecule has 0 saturated carbocycles. The molecule has 0 spiro atoms. The zero-order valence-corrected chi connectivity index (χ0v) is 9.88. The van der Waals surface area contributed by atoms with Crippen molar-refractivity contribution >= 4 is 0 Å². The molecule has 1 aromatic rings. The quantitative estimate of drug-likeness (QED) is 0.881. The van der Waals surface area contributed by atoms with Gasteiger partial charge in [-0.15, -0.1) is 0 Å².